The average molecular weight is 151 g/mol. The third-order valence-corrected chi connectivity index (χ3v) is 1.96. The van der Waals surface area contributed by atoms with Crippen LogP contribution >= 0.6 is 0 Å². The van der Waals surface area contributed by atoms with Crippen molar-refractivity contribution < 1.29 is 5.11 Å². The highest BCUT2D eigenvalue weighted by molar-refractivity contribution is 5.55. The number of hydrogen-bond donors (Lipinski definition) is 2. The van der Waals surface area contributed by atoms with Crippen molar-refractivity contribution in [3.8, 4) is 5.75 Å². The SMILES string of the molecule is CCc1c(N)ccc(O)c1C. The molecule has 1 rings (SSSR count). The van der Waals surface area contributed by atoms with Crippen molar-refractivity contribution in [3.63, 3.8) is 0 Å². The highest BCUT2D eigenvalue weighted by atomic mass is 16.3. The quantitative estimate of drug-likeness (QED) is 0.475. The van der Waals surface area contributed by atoms with Gasteiger partial charge in [-0.1, -0.05) is 6.92 Å². The summed E-state index contributed by atoms with van der Waals surface area (Å²) < 4.78 is 0. The number of phenolic OH excluding ortho intramolecular Hbond substituents is 1. The minimum Gasteiger partial charge on any atom is -0.508 e. The molecule has 0 spiro atoms. The van der Waals surface area contributed by atoms with Gasteiger partial charge in [-0.25, -0.2) is 0 Å². The largest absolute Gasteiger partial charge is 0.508 e. The molecule has 0 aliphatic carbocycles. The summed E-state index contributed by atoms with van der Waals surface area (Å²) in [5.41, 5.74) is 8.40. The van der Waals surface area contributed by atoms with Crippen LogP contribution in [0.5, 0.6) is 5.75 Å². The van der Waals surface area contributed by atoms with Crippen LogP contribution in [0.25, 0.3) is 0 Å². The summed E-state index contributed by atoms with van der Waals surface area (Å²) in [6.07, 6.45) is 0.867. The summed E-state index contributed by atoms with van der Waals surface area (Å²) in [5, 5.41) is 9.30. The van der Waals surface area contributed by atoms with Gasteiger partial charge in [-0.2, -0.15) is 0 Å². The smallest absolute Gasteiger partial charge is 0.118 e. The topological polar surface area (TPSA) is 46.2 Å². The van der Waals surface area contributed by atoms with Crippen LogP contribution in [0.1, 0.15) is 18.1 Å². The van der Waals surface area contributed by atoms with Crippen molar-refractivity contribution in [3.05, 3.63) is 23.3 Å². The Hall–Kier alpha value is -1.18. The summed E-state index contributed by atoms with van der Waals surface area (Å²) >= 11 is 0. The van der Waals surface area contributed by atoms with E-state index >= 15 is 0 Å². The Balaban J connectivity index is 3.29. The van der Waals surface area contributed by atoms with E-state index in [1.54, 1.807) is 12.1 Å². The van der Waals surface area contributed by atoms with E-state index in [0.29, 0.717) is 5.75 Å². The lowest BCUT2D eigenvalue weighted by Crippen LogP contribution is -1.95. The van der Waals surface area contributed by atoms with Gasteiger partial charge in [0.1, 0.15) is 5.75 Å². The van der Waals surface area contributed by atoms with Crippen LogP contribution in [0, 0.1) is 6.92 Å². The molecule has 1 aromatic carbocycles. The second-order valence-corrected chi connectivity index (χ2v) is 2.63. The molecule has 0 heterocycles. The zero-order chi connectivity index (χ0) is 8.43. The van der Waals surface area contributed by atoms with Crippen LogP contribution in [0.15, 0.2) is 12.1 Å². The van der Waals surface area contributed by atoms with Crippen molar-refractivity contribution in [2.24, 2.45) is 0 Å². The molecule has 0 saturated carbocycles. The van der Waals surface area contributed by atoms with Crippen LogP contribution < -0.4 is 5.73 Å². The highest BCUT2D eigenvalue weighted by Crippen LogP contribution is 2.25. The predicted octanol–water partition coefficient (Wildman–Crippen LogP) is 1.85. The maximum atomic E-state index is 9.30. The fourth-order valence-corrected chi connectivity index (χ4v) is 1.23. The van der Waals surface area contributed by atoms with Crippen molar-refractivity contribution in [1.29, 1.82) is 0 Å². The minimum atomic E-state index is 0.330. The molecule has 3 N–H and O–H groups in total. The summed E-state index contributed by atoms with van der Waals surface area (Å²) in [7, 11) is 0. The molecule has 1 aromatic rings. The van der Waals surface area contributed by atoms with Crippen LogP contribution in [0.2, 0.25) is 0 Å². The van der Waals surface area contributed by atoms with Gasteiger partial charge in [0.05, 0.1) is 0 Å². The minimum absolute atomic E-state index is 0.330. The first-order valence-electron chi connectivity index (χ1n) is 3.73. The second-order valence-electron chi connectivity index (χ2n) is 2.63. The molecule has 0 atom stereocenters. The molecule has 0 amide bonds. The molecule has 2 heteroatoms. The zero-order valence-corrected chi connectivity index (χ0v) is 6.89. The maximum Gasteiger partial charge on any atom is 0.118 e. The number of aromatic hydroxyl groups is 1. The van der Waals surface area contributed by atoms with Crippen molar-refractivity contribution >= 4 is 5.69 Å². The Morgan fingerprint density at radius 2 is 2.09 bits per heavy atom. The maximum absolute atomic E-state index is 9.30. The number of nitrogens with two attached hydrogens (primary N) is 1. The molecule has 11 heavy (non-hydrogen) atoms. The predicted molar refractivity (Wildman–Crippen MR) is 46.6 cm³/mol. The fraction of sp³-hybridized carbons (Fsp3) is 0.333. The van der Waals surface area contributed by atoms with E-state index in [2.05, 4.69) is 0 Å². The van der Waals surface area contributed by atoms with Crippen molar-refractivity contribution in [2.45, 2.75) is 20.3 Å². The third-order valence-electron chi connectivity index (χ3n) is 1.96. The summed E-state index contributed by atoms with van der Waals surface area (Å²) in [4.78, 5) is 0. The zero-order valence-electron chi connectivity index (χ0n) is 6.89. The molecule has 0 bridgehead atoms. The first-order chi connectivity index (χ1) is 5.16. The van der Waals surface area contributed by atoms with E-state index in [0.717, 1.165) is 23.2 Å². The number of nitrogen functional groups attached to an aromatic ring is 1. The van der Waals surface area contributed by atoms with Crippen molar-refractivity contribution in [2.75, 3.05) is 5.73 Å². The van der Waals surface area contributed by atoms with Gasteiger partial charge < -0.3 is 10.8 Å². The fourth-order valence-electron chi connectivity index (χ4n) is 1.23. The Labute approximate surface area is 66.7 Å². The Bertz CT molecular complexity index is 269. The molecule has 0 aliphatic rings. The Morgan fingerprint density at radius 1 is 1.45 bits per heavy atom. The van der Waals surface area contributed by atoms with Gasteiger partial charge in [0.2, 0.25) is 0 Å². The van der Waals surface area contributed by atoms with Gasteiger partial charge in [0.15, 0.2) is 0 Å². The normalized spacial score (nSPS) is 10.0. The van der Waals surface area contributed by atoms with Crippen molar-refractivity contribution in [1.82, 2.24) is 0 Å². The molecule has 2 nitrogen and oxygen atoms in total. The van der Waals surface area contributed by atoms with E-state index in [1.807, 2.05) is 13.8 Å². The van der Waals surface area contributed by atoms with E-state index in [9.17, 15) is 5.11 Å². The van der Waals surface area contributed by atoms with Gasteiger partial charge in [0.25, 0.3) is 0 Å². The van der Waals surface area contributed by atoms with Gasteiger partial charge in [-0.05, 0) is 36.6 Å². The number of hydrogen-bond acceptors (Lipinski definition) is 2. The summed E-state index contributed by atoms with van der Waals surface area (Å²) in [6, 6.07) is 3.37. The molecular weight excluding hydrogens is 138 g/mol. The Morgan fingerprint density at radius 3 is 2.55 bits per heavy atom. The first-order valence-corrected chi connectivity index (χ1v) is 3.73. The molecular formula is C9H13NO. The highest BCUT2D eigenvalue weighted by Gasteiger charge is 2.03. The average Bonchev–Trinajstić information content (AvgIpc) is 1.99. The third kappa shape index (κ3) is 1.29. The van der Waals surface area contributed by atoms with Crippen LogP contribution in [-0.4, -0.2) is 5.11 Å². The van der Waals surface area contributed by atoms with Gasteiger partial charge in [-0.3, -0.25) is 0 Å². The summed E-state index contributed by atoms with van der Waals surface area (Å²) in [6.45, 7) is 3.91. The standard InChI is InChI=1S/C9H13NO/c1-3-7-6(2)9(11)5-4-8(7)10/h4-5,11H,3,10H2,1-2H3. The molecule has 0 fully saturated rings. The van der Waals surface area contributed by atoms with E-state index < -0.39 is 0 Å². The van der Waals surface area contributed by atoms with Crippen LogP contribution in [-0.2, 0) is 6.42 Å². The molecule has 0 aliphatic heterocycles. The Kier molecular flexibility index (Phi) is 2.03. The summed E-state index contributed by atoms with van der Waals surface area (Å²) in [5.74, 6) is 0.330. The second kappa shape index (κ2) is 2.82. The molecule has 60 valence electrons. The van der Waals surface area contributed by atoms with Crippen LogP contribution in [0.3, 0.4) is 0 Å². The number of rotatable bonds is 1. The lowest BCUT2D eigenvalue weighted by atomic mass is 10.0. The van der Waals surface area contributed by atoms with Gasteiger partial charge in [0, 0.05) is 5.69 Å². The lowest BCUT2D eigenvalue weighted by Gasteiger charge is -2.07. The van der Waals surface area contributed by atoms with E-state index in [-0.39, 0.29) is 0 Å². The van der Waals surface area contributed by atoms with Gasteiger partial charge >= 0.3 is 0 Å². The monoisotopic (exact) mass is 151 g/mol. The molecule has 0 saturated heterocycles. The lowest BCUT2D eigenvalue weighted by molar-refractivity contribution is 0.470. The molecule has 0 aromatic heterocycles. The molecule has 0 radical (unpaired) electrons. The number of anilines is 1. The number of benzene rings is 1. The number of phenols is 1. The first kappa shape index (κ1) is 7.92. The van der Waals surface area contributed by atoms with Crippen LogP contribution in [0.4, 0.5) is 5.69 Å². The van der Waals surface area contributed by atoms with E-state index in [1.165, 1.54) is 0 Å². The molecule has 0 unspecified atom stereocenters. The van der Waals surface area contributed by atoms with Gasteiger partial charge in [-0.15, -0.1) is 0 Å². The van der Waals surface area contributed by atoms with E-state index in [4.69, 9.17) is 5.73 Å².